The molecule has 0 fully saturated rings. The summed E-state index contributed by atoms with van der Waals surface area (Å²) in [4.78, 5) is 0. The van der Waals surface area contributed by atoms with Gasteiger partial charge in [0.25, 0.3) is 0 Å². The number of rotatable bonds is 0. The Bertz CT molecular complexity index is 320. The smallest absolute Gasteiger partial charge is 0.195 e. The molecular weight excluding hydrogens is 141 g/mol. The Balaban J connectivity index is 3.06. The van der Waals surface area contributed by atoms with Gasteiger partial charge < -0.3 is 0 Å². The topological polar surface area (TPSA) is 23.8 Å². The second-order valence-corrected chi connectivity index (χ2v) is 2.25. The molecule has 54 valence electrons. The average molecular weight is 147 g/mol. The number of alkyl halides is 1. The maximum atomic E-state index is 12.8. The number of hydrogen-bond donors (Lipinski definition) is 0. The third-order valence-corrected chi connectivity index (χ3v) is 1.30. The fraction of sp³-hybridized carbons (Fsp3) is 0.222. The maximum absolute atomic E-state index is 12.8. The first kappa shape index (κ1) is 7.57. The molecule has 0 saturated heterocycles. The van der Waals surface area contributed by atoms with Gasteiger partial charge in [-0.1, -0.05) is 11.8 Å². The third kappa shape index (κ3) is 1.69. The van der Waals surface area contributed by atoms with E-state index < -0.39 is 6.17 Å². The second kappa shape index (κ2) is 3.03. The van der Waals surface area contributed by atoms with Crippen molar-refractivity contribution in [3.8, 4) is 17.9 Å². The Morgan fingerprint density at radius 2 is 2.45 bits per heavy atom. The molecule has 0 radical (unpaired) electrons. The largest absolute Gasteiger partial charge is 0.227 e. The summed E-state index contributed by atoms with van der Waals surface area (Å²) in [5.41, 5.74) is 0.901. The van der Waals surface area contributed by atoms with Crippen LogP contribution in [0.15, 0.2) is 23.3 Å². The van der Waals surface area contributed by atoms with E-state index in [4.69, 9.17) is 5.26 Å². The Kier molecular flexibility index (Phi) is 2.09. The van der Waals surface area contributed by atoms with Crippen LogP contribution in [0.1, 0.15) is 6.92 Å². The van der Waals surface area contributed by atoms with Crippen LogP contribution in [0.3, 0.4) is 0 Å². The minimum absolute atomic E-state index is 0.0868. The first-order chi connectivity index (χ1) is 5.24. The molecule has 1 rings (SSSR count). The van der Waals surface area contributed by atoms with Crippen molar-refractivity contribution in [3.05, 3.63) is 23.3 Å². The summed E-state index contributed by atoms with van der Waals surface area (Å²) >= 11 is 0. The Hall–Kier alpha value is -1.54. The van der Waals surface area contributed by atoms with Gasteiger partial charge in [-0.25, -0.2) is 4.39 Å². The van der Waals surface area contributed by atoms with Gasteiger partial charge in [0.1, 0.15) is 0 Å². The molecular formula is C9H6FN. The zero-order valence-electron chi connectivity index (χ0n) is 6.06. The fourth-order valence-corrected chi connectivity index (χ4v) is 0.755. The molecule has 0 aromatic carbocycles. The molecule has 1 aliphatic carbocycles. The van der Waals surface area contributed by atoms with E-state index in [-0.39, 0.29) is 5.57 Å². The molecule has 0 aliphatic heterocycles. The molecule has 1 unspecified atom stereocenters. The highest BCUT2D eigenvalue weighted by Gasteiger charge is 2.09. The molecule has 0 saturated carbocycles. The van der Waals surface area contributed by atoms with Crippen molar-refractivity contribution in [1.82, 2.24) is 0 Å². The zero-order valence-corrected chi connectivity index (χ0v) is 6.06. The van der Waals surface area contributed by atoms with Gasteiger partial charge >= 0.3 is 0 Å². The highest BCUT2D eigenvalue weighted by Crippen LogP contribution is 2.10. The molecule has 1 nitrogen and oxygen atoms in total. The Morgan fingerprint density at radius 1 is 1.73 bits per heavy atom. The molecule has 0 aromatic rings. The monoisotopic (exact) mass is 147 g/mol. The van der Waals surface area contributed by atoms with Crippen LogP contribution < -0.4 is 0 Å². The van der Waals surface area contributed by atoms with Crippen molar-refractivity contribution in [2.45, 2.75) is 13.1 Å². The molecule has 0 N–H and O–H groups in total. The normalized spacial score (nSPS) is 21.7. The molecule has 0 heterocycles. The van der Waals surface area contributed by atoms with Gasteiger partial charge in [0.15, 0.2) is 6.17 Å². The van der Waals surface area contributed by atoms with Gasteiger partial charge in [-0.05, 0) is 24.6 Å². The van der Waals surface area contributed by atoms with Gasteiger partial charge in [0.05, 0.1) is 11.6 Å². The van der Waals surface area contributed by atoms with E-state index in [1.807, 2.05) is 0 Å². The van der Waals surface area contributed by atoms with E-state index >= 15 is 0 Å². The van der Waals surface area contributed by atoms with Crippen LogP contribution in [0.25, 0.3) is 0 Å². The predicted octanol–water partition coefficient (Wildman–Crippen LogP) is 1.74. The highest BCUT2D eigenvalue weighted by atomic mass is 19.1. The molecule has 2 heteroatoms. The Labute approximate surface area is 64.8 Å². The number of allylic oxidation sites excluding steroid dienone is 4. The van der Waals surface area contributed by atoms with Crippen molar-refractivity contribution in [1.29, 1.82) is 5.26 Å². The molecule has 1 atom stereocenters. The average Bonchev–Trinajstić information content (AvgIpc) is 2.13. The number of nitriles is 1. The van der Waals surface area contributed by atoms with Crippen LogP contribution in [-0.2, 0) is 0 Å². The van der Waals surface area contributed by atoms with E-state index in [1.54, 1.807) is 19.1 Å². The quantitative estimate of drug-likeness (QED) is 0.479. The maximum Gasteiger partial charge on any atom is 0.195 e. The summed E-state index contributed by atoms with van der Waals surface area (Å²) in [6, 6.07) is 1.77. The van der Waals surface area contributed by atoms with Crippen LogP contribution >= 0.6 is 0 Å². The lowest BCUT2D eigenvalue weighted by atomic mass is 10.1. The SMILES string of the molecule is CC1=CC#CC(F)C(C#N)=C1. The van der Waals surface area contributed by atoms with Crippen LogP contribution in [0.4, 0.5) is 4.39 Å². The molecule has 0 amide bonds. The standard InChI is InChI=1S/C9H6FN/c1-7-3-2-4-9(10)8(5-7)6-11/h3,5,9H,1H3. The van der Waals surface area contributed by atoms with Crippen molar-refractivity contribution in [3.63, 3.8) is 0 Å². The van der Waals surface area contributed by atoms with Crippen molar-refractivity contribution in [2.75, 3.05) is 0 Å². The second-order valence-electron chi connectivity index (χ2n) is 2.25. The summed E-state index contributed by atoms with van der Waals surface area (Å²) < 4.78 is 12.8. The highest BCUT2D eigenvalue weighted by molar-refractivity contribution is 5.44. The zero-order chi connectivity index (χ0) is 8.27. The summed E-state index contributed by atoms with van der Waals surface area (Å²) in [5, 5.41) is 8.45. The van der Waals surface area contributed by atoms with Crippen LogP contribution in [0.5, 0.6) is 0 Å². The van der Waals surface area contributed by atoms with Crippen LogP contribution in [-0.4, -0.2) is 6.17 Å². The van der Waals surface area contributed by atoms with E-state index in [0.29, 0.717) is 0 Å². The predicted molar refractivity (Wildman–Crippen MR) is 40.1 cm³/mol. The van der Waals surface area contributed by atoms with Gasteiger partial charge in [-0.3, -0.25) is 0 Å². The van der Waals surface area contributed by atoms with E-state index in [1.165, 1.54) is 6.08 Å². The summed E-state index contributed by atoms with van der Waals surface area (Å²) in [6.45, 7) is 1.78. The van der Waals surface area contributed by atoms with Crippen molar-refractivity contribution < 1.29 is 4.39 Å². The lowest BCUT2D eigenvalue weighted by molar-refractivity contribution is 0.470. The lowest BCUT2D eigenvalue weighted by Crippen LogP contribution is -1.97. The van der Waals surface area contributed by atoms with E-state index in [0.717, 1.165) is 5.57 Å². The third-order valence-electron chi connectivity index (χ3n) is 1.30. The summed E-state index contributed by atoms with van der Waals surface area (Å²) in [6.07, 6.45) is 1.67. The first-order valence-corrected chi connectivity index (χ1v) is 3.17. The van der Waals surface area contributed by atoms with Gasteiger partial charge in [0.2, 0.25) is 0 Å². The minimum atomic E-state index is -1.42. The number of hydrogen-bond acceptors (Lipinski definition) is 1. The summed E-state index contributed by atoms with van der Waals surface area (Å²) in [5.74, 6) is 4.81. The molecule has 0 spiro atoms. The molecule has 0 aromatic heterocycles. The first-order valence-electron chi connectivity index (χ1n) is 3.17. The van der Waals surface area contributed by atoms with Crippen molar-refractivity contribution >= 4 is 0 Å². The van der Waals surface area contributed by atoms with Crippen molar-refractivity contribution in [2.24, 2.45) is 0 Å². The van der Waals surface area contributed by atoms with Crippen LogP contribution in [0.2, 0.25) is 0 Å². The number of nitrogens with zero attached hydrogens (tertiary/aromatic N) is 1. The van der Waals surface area contributed by atoms with Crippen LogP contribution in [0, 0.1) is 23.2 Å². The number of halogens is 1. The van der Waals surface area contributed by atoms with Gasteiger partial charge in [-0.2, -0.15) is 5.26 Å². The van der Waals surface area contributed by atoms with E-state index in [2.05, 4.69) is 11.8 Å². The summed E-state index contributed by atoms with van der Waals surface area (Å²) in [7, 11) is 0. The minimum Gasteiger partial charge on any atom is -0.227 e. The van der Waals surface area contributed by atoms with E-state index in [9.17, 15) is 4.39 Å². The Morgan fingerprint density at radius 3 is 3.09 bits per heavy atom. The lowest BCUT2D eigenvalue weighted by Gasteiger charge is -1.94. The molecule has 1 aliphatic rings. The fourth-order valence-electron chi connectivity index (χ4n) is 0.755. The molecule has 0 bridgehead atoms. The molecule has 11 heavy (non-hydrogen) atoms. The van der Waals surface area contributed by atoms with Gasteiger partial charge in [0, 0.05) is 0 Å². The van der Waals surface area contributed by atoms with Gasteiger partial charge in [-0.15, -0.1) is 0 Å².